The molecule has 8 nitrogen and oxygen atoms in total. The summed E-state index contributed by atoms with van der Waals surface area (Å²) in [7, 11) is 0. The highest BCUT2D eigenvalue weighted by Gasteiger charge is 2.19. The minimum Gasteiger partial charge on any atom is -0.254 e. The van der Waals surface area contributed by atoms with Crippen molar-refractivity contribution in [1.82, 2.24) is 39.9 Å². The molecule has 0 atom stereocenters. The molecule has 0 aliphatic heterocycles. The molecule has 5 heterocycles. The molecule has 0 saturated carbocycles. The van der Waals surface area contributed by atoms with Crippen molar-refractivity contribution < 1.29 is 0 Å². The van der Waals surface area contributed by atoms with E-state index < -0.39 is 0 Å². The Morgan fingerprint density at radius 1 is 0.233 bits per heavy atom. The molecule has 0 fully saturated rings. The Bertz CT molecular complexity index is 2960. The summed E-state index contributed by atoms with van der Waals surface area (Å²) in [5.41, 5.74) is 11.3. The standard InChI is InChI=1S/C52H34N8/c1-6-18-35(19-7-1)40-32-46(42-29-16-30-43(54-42)52-59-50(38-24-12-4-13-25-38)58-51(60-52)39-26-14-5-15-27-39)55-47(33-40)48-41(28-17-31-53-48)45-34-44(36-20-8-2-9-21-36)56-49(57-45)37-22-10-3-11-23-37/h1-34H. The zero-order chi connectivity index (χ0) is 40.1. The molecule has 8 heteroatoms. The van der Waals surface area contributed by atoms with E-state index in [1.807, 2.05) is 164 Å². The first-order valence-corrected chi connectivity index (χ1v) is 19.6. The lowest BCUT2D eigenvalue weighted by atomic mass is 9.99. The SMILES string of the molecule is c1ccc(-c2cc(-c3cccc(-c4nc(-c5ccccc5)nc(-c5ccccc5)n4)n3)nc(-c3ncccc3-c3cc(-c4ccccc4)nc(-c4ccccc4)n3)c2)cc1. The van der Waals surface area contributed by atoms with Gasteiger partial charge in [-0.3, -0.25) is 4.98 Å². The second kappa shape index (κ2) is 16.2. The summed E-state index contributed by atoms with van der Waals surface area (Å²) in [5.74, 6) is 2.22. The quantitative estimate of drug-likeness (QED) is 0.143. The Morgan fingerprint density at radius 3 is 1.30 bits per heavy atom. The van der Waals surface area contributed by atoms with Gasteiger partial charge in [-0.2, -0.15) is 0 Å². The molecule has 0 spiro atoms. The number of rotatable bonds is 9. The first-order chi connectivity index (χ1) is 29.7. The maximum atomic E-state index is 5.29. The Labute approximate surface area is 347 Å². The van der Waals surface area contributed by atoms with Gasteiger partial charge < -0.3 is 0 Å². The molecule has 5 aromatic carbocycles. The molecule has 0 amide bonds. The summed E-state index contributed by atoms with van der Waals surface area (Å²) in [6.07, 6.45) is 1.79. The number of pyridine rings is 3. The van der Waals surface area contributed by atoms with Crippen LogP contribution >= 0.6 is 0 Å². The van der Waals surface area contributed by atoms with E-state index in [2.05, 4.69) is 36.4 Å². The van der Waals surface area contributed by atoms with Gasteiger partial charge in [0.2, 0.25) is 0 Å². The van der Waals surface area contributed by atoms with Crippen molar-refractivity contribution in [3.05, 3.63) is 206 Å². The highest BCUT2D eigenvalue weighted by Crippen LogP contribution is 2.36. The van der Waals surface area contributed by atoms with Gasteiger partial charge in [0.25, 0.3) is 0 Å². The van der Waals surface area contributed by atoms with Gasteiger partial charge in [0.1, 0.15) is 5.69 Å². The molecule has 60 heavy (non-hydrogen) atoms. The van der Waals surface area contributed by atoms with Gasteiger partial charge in [-0.05, 0) is 53.6 Å². The maximum Gasteiger partial charge on any atom is 0.182 e. The van der Waals surface area contributed by atoms with Gasteiger partial charge in [0.15, 0.2) is 23.3 Å². The Balaban J connectivity index is 1.13. The van der Waals surface area contributed by atoms with Gasteiger partial charge in [-0.25, -0.2) is 34.9 Å². The Morgan fingerprint density at radius 2 is 0.700 bits per heavy atom. The number of hydrogen-bond donors (Lipinski definition) is 0. The van der Waals surface area contributed by atoms with E-state index in [-0.39, 0.29) is 0 Å². The number of nitrogens with zero attached hydrogens (tertiary/aromatic N) is 8. The van der Waals surface area contributed by atoms with Crippen LogP contribution in [0.2, 0.25) is 0 Å². The van der Waals surface area contributed by atoms with E-state index in [4.69, 9.17) is 39.9 Å². The smallest absolute Gasteiger partial charge is 0.182 e. The van der Waals surface area contributed by atoms with Crippen LogP contribution in [0.3, 0.4) is 0 Å². The molecule has 0 aliphatic rings. The topological polar surface area (TPSA) is 103 Å². The van der Waals surface area contributed by atoms with Crippen molar-refractivity contribution in [3.8, 4) is 102 Å². The van der Waals surface area contributed by atoms with Crippen molar-refractivity contribution >= 4 is 0 Å². The maximum absolute atomic E-state index is 5.29. The summed E-state index contributed by atoms with van der Waals surface area (Å²) in [5, 5.41) is 0. The molecule has 0 saturated heterocycles. The van der Waals surface area contributed by atoms with Gasteiger partial charge in [-0.15, -0.1) is 0 Å². The summed E-state index contributed by atoms with van der Waals surface area (Å²) in [6, 6.07) is 66.3. The first-order valence-electron chi connectivity index (χ1n) is 19.6. The highest BCUT2D eigenvalue weighted by molar-refractivity contribution is 5.84. The van der Waals surface area contributed by atoms with Gasteiger partial charge in [0, 0.05) is 34.0 Å². The molecule has 282 valence electrons. The molecule has 10 aromatic rings. The molecule has 0 N–H and O–H groups in total. The average Bonchev–Trinajstić information content (AvgIpc) is 3.35. The third-order valence-electron chi connectivity index (χ3n) is 10.0. The van der Waals surface area contributed by atoms with Crippen molar-refractivity contribution in [1.29, 1.82) is 0 Å². The van der Waals surface area contributed by atoms with E-state index in [1.165, 1.54) is 0 Å². The van der Waals surface area contributed by atoms with Crippen LogP contribution in [0.25, 0.3) is 102 Å². The van der Waals surface area contributed by atoms with E-state index >= 15 is 0 Å². The predicted octanol–water partition coefficient (Wildman–Crippen LogP) is 11.8. The molecule has 0 bridgehead atoms. The van der Waals surface area contributed by atoms with E-state index in [0.717, 1.165) is 50.3 Å². The molecule has 0 unspecified atom stereocenters. The summed E-state index contributed by atoms with van der Waals surface area (Å²) in [4.78, 5) is 40.3. The van der Waals surface area contributed by atoms with Crippen molar-refractivity contribution in [2.24, 2.45) is 0 Å². The molecule has 0 radical (unpaired) electrons. The summed E-state index contributed by atoms with van der Waals surface area (Å²) < 4.78 is 0. The monoisotopic (exact) mass is 770 g/mol. The van der Waals surface area contributed by atoms with Crippen LogP contribution in [0.5, 0.6) is 0 Å². The predicted molar refractivity (Wildman–Crippen MR) is 238 cm³/mol. The highest BCUT2D eigenvalue weighted by atomic mass is 15.0. The van der Waals surface area contributed by atoms with Crippen LogP contribution in [-0.2, 0) is 0 Å². The molecule has 10 rings (SSSR count). The van der Waals surface area contributed by atoms with Crippen LogP contribution in [0, 0.1) is 0 Å². The van der Waals surface area contributed by atoms with Crippen LogP contribution < -0.4 is 0 Å². The second-order valence-corrected chi connectivity index (χ2v) is 14.0. The molecule has 5 aromatic heterocycles. The minimum absolute atomic E-state index is 0.461. The second-order valence-electron chi connectivity index (χ2n) is 14.0. The largest absolute Gasteiger partial charge is 0.254 e. The fraction of sp³-hybridized carbons (Fsp3) is 0. The number of benzene rings is 5. The lowest BCUT2D eigenvalue weighted by Crippen LogP contribution is -2.02. The Kier molecular flexibility index (Phi) is 9.75. The summed E-state index contributed by atoms with van der Waals surface area (Å²) >= 11 is 0. The Hall–Kier alpha value is -8.36. The lowest BCUT2D eigenvalue weighted by Gasteiger charge is -2.14. The zero-order valence-corrected chi connectivity index (χ0v) is 32.2. The summed E-state index contributed by atoms with van der Waals surface area (Å²) in [6.45, 7) is 0. The molecular formula is C52H34N8. The van der Waals surface area contributed by atoms with Crippen molar-refractivity contribution in [2.75, 3.05) is 0 Å². The third-order valence-corrected chi connectivity index (χ3v) is 10.0. The van der Waals surface area contributed by atoms with Crippen molar-refractivity contribution in [2.45, 2.75) is 0 Å². The van der Waals surface area contributed by atoms with Crippen LogP contribution in [0.4, 0.5) is 0 Å². The minimum atomic E-state index is 0.461. The van der Waals surface area contributed by atoms with Gasteiger partial charge >= 0.3 is 0 Å². The first kappa shape index (κ1) is 36.0. The normalized spacial score (nSPS) is 11.0. The van der Waals surface area contributed by atoms with Crippen LogP contribution in [0.15, 0.2) is 206 Å². The van der Waals surface area contributed by atoms with Crippen molar-refractivity contribution in [3.63, 3.8) is 0 Å². The average molecular weight is 771 g/mol. The lowest BCUT2D eigenvalue weighted by molar-refractivity contribution is 1.06. The van der Waals surface area contributed by atoms with E-state index in [0.29, 0.717) is 51.8 Å². The van der Waals surface area contributed by atoms with Crippen LogP contribution in [-0.4, -0.2) is 39.9 Å². The van der Waals surface area contributed by atoms with E-state index in [1.54, 1.807) is 6.20 Å². The fourth-order valence-electron chi connectivity index (χ4n) is 7.08. The number of hydrogen-bond acceptors (Lipinski definition) is 8. The van der Waals surface area contributed by atoms with E-state index in [9.17, 15) is 0 Å². The van der Waals surface area contributed by atoms with Gasteiger partial charge in [-0.1, -0.05) is 158 Å². The van der Waals surface area contributed by atoms with Crippen LogP contribution in [0.1, 0.15) is 0 Å². The van der Waals surface area contributed by atoms with Gasteiger partial charge in [0.05, 0.1) is 34.2 Å². The fourth-order valence-corrected chi connectivity index (χ4v) is 7.08. The third kappa shape index (κ3) is 7.56. The zero-order valence-electron chi connectivity index (χ0n) is 32.2. The molecule has 0 aliphatic carbocycles. The molecular weight excluding hydrogens is 737 g/mol. The number of aromatic nitrogens is 8.